The standard InChI is InChI=1S/C16H12N4O3/c1-7-4-8-5-9(2-3-11(8)18-7)20-12(21)6-10-13(14(20)17)16(23)19-15(10)22/h2-6,18H,17H2,1H3,(H,19,22,23). The van der Waals surface area contributed by atoms with Gasteiger partial charge in [0.25, 0.3) is 17.4 Å². The molecule has 114 valence electrons. The number of anilines is 1. The molecule has 1 aromatic carbocycles. The van der Waals surface area contributed by atoms with Crippen LogP contribution in [0.1, 0.15) is 26.4 Å². The van der Waals surface area contributed by atoms with E-state index in [9.17, 15) is 14.4 Å². The number of pyridine rings is 1. The zero-order valence-corrected chi connectivity index (χ0v) is 12.1. The fourth-order valence-corrected chi connectivity index (χ4v) is 2.95. The van der Waals surface area contributed by atoms with E-state index in [1.807, 2.05) is 19.1 Å². The van der Waals surface area contributed by atoms with E-state index in [1.165, 1.54) is 4.57 Å². The Morgan fingerprint density at radius 3 is 2.61 bits per heavy atom. The van der Waals surface area contributed by atoms with Crippen molar-refractivity contribution in [3.63, 3.8) is 0 Å². The molecule has 4 rings (SSSR count). The topological polar surface area (TPSA) is 110 Å². The van der Waals surface area contributed by atoms with Crippen LogP contribution in [0.25, 0.3) is 16.6 Å². The average molecular weight is 308 g/mol. The van der Waals surface area contributed by atoms with E-state index in [0.29, 0.717) is 5.69 Å². The predicted molar refractivity (Wildman–Crippen MR) is 84.8 cm³/mol. The van der Waals surface area contributed by atoms with Crippen LogP contribution in [0.4, 0.5) is 5.82 Å². The minimum atomic E-state index is -0.599. The summed E-state index contributed by atoms with van der Waals surface area (Å²) in [5.74, 6) is -1.23. The Kier molecular flexibility index (Phi) is 2.51. The second kappa shape index (κ2) is 4.33. The lowest BCUT2D eigenvalue weighted by Gasteiger charge is -2.11. The van der Waals surface area contributed by atoms with Gasteiger partial charge in [0.05, 0.1) is 16.8 Å². The van der Waals surface area contributed by atoms with Crippen molar-refractivity contribution in [2.75, 3.05) is 5.73 Å². The van der Waals surface area contributed by atoms with Crippen molar-refractivity contribution < 1.29 is 9.59 Å². The lowest BCUT2D eigenvalue weighted by molar-refractivity contribution is 0.0880. The molecule has 1 aliphatic rings. The lowest BCUT2D eigenvalue weighted by atomic mass is 10.1. The minimum absolute atomic E-state index is 0.0207. The largest absolute Gasteiger partial charge is 0.384 e. The Balaban J connectivity index is 2.01. The molecule has 0 saturated carbocycles. The number of H-pyrrole nitrogens is 1. The van der Waals surface area contributed by atoms with Crippen molar-refractivity contribution in [2.24, 2.45) is 0 Å². The molecule has 0 radical (unpaired) electrons. The number of nitrogens with one attached hydrogen (secondary N) is 2. The van der Waals surface area contributed by atoms with Gasteiger partial charge in [-0.15, -0.1) is 0 Å². The maximum absolute atomic E-state index is 12.4. The van der Waals surface area contributed by atoms with Crippen molar-refractivity contribution >= 4 is 28.5 Å². The van der Waals surface area contributed by atoms with Crippen LogP contribution in [0, 0.1) is 6.92 Å². The number of aryl methyl sites for hydroxylation is 1. The number of rotatable bonds is 1. The molecule has 0 spiro atoms. The van der Waals surface area contributed by atoms with Crippen LogP contribution in [0.2, 0.25) is 0 Å². The average Bonchev–Trinajstić information content (AvgIpc) is 2.98. The fourth-order valence-electron chi connectivity index (χ4n) is 2.95. The summed E-state index contributed by atoms with van der Waals surface area (Å²) < 4.78 is 1.23. The summed E-state index contributed by atoms with van der Waals surface area (Å²) in [5.41, 5.74) is 8.08. The van der Waals surface area contributed by atoms with Crippen LogP contribution in [-0.4, -0.2) is 21.4 Å². The van der Waals surface area contributed by atoms with Gasteiger partial charge in [0.1, 0.15) is 5.82 Å². The van der Waals surface area contributed by atoms with Crippen molar-refractivity contribution in [1.82, 2.24) is 14.9 Å². The highest BCUT2D eigenvalue weighted by atomic mass is 16.2. The Morgan fingerprint density at radius 2 is 1.83 bits per heavy atom. The zero-order valence-electron chi connectivity index (χ0n) is 12.1. The number of carbonyl (C=O) groups excluding carboxylic acids is 2. The first-order chi connectivity index (χ1) is 11.0. The summed E-state index contributed by atoms with van der Waals surface area (Å²) in [7, 11) is 0. The zero-order chi connectivity index (χ0) is 16.3. The summed E-state index contributed by atoms with van der Waals surface area (Å²) in [4.78, 5) is 39.1. The Hall–Kier alpha value is -3.35. The number of hydrogen-bond acceptors (Lipinski definition) is 4. The van der Waals surface area contributed by atoms with Gasteiger partial charge in [-0.05, 0) is 31.2 Å². The van der Waals surface area contributed by atoms with Crippen LogP contribution in [0.5, 0.6) is 0 Å². The van der Waals surface area contributed by atoms with Gasteiger partial charge in [-0.25, -0.2) is 0 Å². The highest BCUT2D eigenvalue weighted by Crippen LogP contribution is 2.25. The maximum atomic E-state index is 12.4. The van der Waals surface area contributed by atoms with Crippen LogP contribution in [0.3, 0.4) is 0 Å². The van der Waals surface area contributed by atoms with Gasteiger partial charge < -0.3 is 10.7 Å². The number of nitrogens with zero attached hydrogens (tertiary/aromatic N) is 1. The van der Waals surface area contributed by atoms with Crippen molar-refractivity contribution in [3.05, 3.63) is 57.5 Å². The normalized spacial score (nSPS) is 13.4. The molecule has 0 bridgehead atoms. The van der Waals surface area contributed by atoms with Gasteiger partial charge in [0.15, 0.2) is 0 Å². The SMILES string of the molecule is Cc1cc2cc(-n3c(N)c4c(cc3=O)C(=O)NC4=O)ccc2[nH]1. The first-order valence-electron chi connectivity index (χ1n) is 6.96. The monoisotopic (exact) mass is 308 g/mol. The van der Waals surface area contributed by atoms with Gasteiger partial charge in [0, 0.05) is 22.7 Å². The molecule has 4 N–H and O–H groups in total. The number of amides is 2. The first kappa shape index (κ1) is 13.3. The fraction of sp³-hybridized carbons (Fsp3) is 0.0625. The van der Waals surface area contributed by atoms with Gasteiger partial charge in [-0.3, -0.25) is 24.3 Å². The van der Waals surface area contributed by atoms with Crippen LogP contribution in [-0.2, 0) is 0 Å². The molecule has 0 atom stereocenters. The molecule has 0 saturated heterocycles. The Morgan fingerprint density at radius 1 is 1.04 bits per heavy atom. The van der Waals surface area contributed by atoms with Crippen molar-refractivity contribution in [2.45, 2.75) is 6.92 Å². The molecule has 3 heterocycles. The molecular formula is C16H12N4O3. The van der Waals surface area contributed by atoms with Gasteiger partial charge in [-0.2, -0.15) is 0 Å². The molecule has 7 nitrogen and oxygen atoms in total. The molecule has 7 heteroatoms. The third-order valence-corrected chi connectivity index (χ3v) is 3.95. The number of aromatic amines is 1. The molecule has 0 unspecified atom stereocenters. The van der Waals surface area contributed by atoms with Crippen LogP contribution < -0.4 is 16.6 Å². The number of nitrogens with two attached hydrogens (primary N) is 1. The van der Waals surface area contributed by atoms with Crippen LogP contribution in [0.15, 0.2) is 35.1 Å². The number of carbonyl (C=O) groups is 2. The van der Waals surface area contributed by atoms with Gasteiger partial charge in [0.2, 0.25) is 0 Å². The van der Waals surface area contributed by atoms with E-state index in [0.717, 1.165) is 22.7 Å². The second-order valence-corrected chi connectivity index (χ2v) is 5.50. The Labute approximate surface area is 129 Å². The van der Waals surface area contributed by atoms with Crippen LogP contribution >= 0.6 is 0 Å². The number of nitrogen functional groups attached to an aromatic ring is 1. The number of imide groups is 1. The molecule has 1 aliphatic heterocycles. The first-order valence-corrected chi connectivity index (χ1v) is 6.96. The molecule has 0 fully saturated rings. The number of fused-ring (bicyclic) bond motifs is 2. The van der Waals surface area contributed by atoms with E-state index in [-0.39, 0.29) is 16.9 Å². The second-order valence-electron chi connectivity index (χ2n) is 5.50. The number of hydrogen-bond donors (Lipinski definition) is 3. The molecule has 3 aromatic rings. The van der Waals surface area contributed by atoms with Crippen molar-refractivity contribution in [3.8, 4) is 5.69 Å². The quantitative estimate of drug-likeness (QED) is 0.584. The maximum Gasteiger partial charge on any atom is 0.262 e. The highest BCUT2D eigenvalue weighted by Gasteiger charge is 2.31. The van der Waals surface area contributed by atoms with E-state index in [4.69, 9.17) is 5.73 Å². The van der Waals surface area contributed by atoms with E-state index >= 15 is 0 Å². The van der Waals surface area contributed by atoms with E-state index in [1.54, 1.807) is 12.1 Å². The van der Waals surface area contributed by atoms with E-state index in [2.05, 4.69) is 10.3 Å². The van der Waals surface area contributed by atoms with E-state index < -0.39 is 17.4 Å². The summed E-state index contributed by atoms with van der Waals surface area (Å²) in [5, 5.41) is 3.07. The van der Waals surface area contributed by atoms with Crippen molar-refractivity contribution in [1.29, 1.82) is 0 Å². The molecule has 2 aromatic heterocycles. The minimum Gasteiger partial charge on any atom is -0.384 e. The highest BCUT2D eigenvalue weighted by molar-refractivity contribution is 6.23. The summed E-state index contributed by atoms with van der Waals surface area (Å²) >= 11 is 0. The summed E-state index contributed by atoms with van der Waals surface area (Å²) in [6, 6.07) is 8.46. The number of aromatic nitrogens is 2. The third kappa shape index (κ3) is 1.80. The predicted octanol–water partition coefficient (Wildman–Crippen LogP) is 1.09. The molecule has 2 amide bonds. The van der Waals surface area contributed by atoms with Gasteiger partial charge >= 0.3 is 0 Å². The van der Waals surface area contributed by atoms with Gasteiger partial charge in [-0.1, -0.05) is 0 Å². The Bertz CT molecular complexity index is 1070. The molecule has 0 aliphatic carbocycles. The summed E-state index contributed by atoms with van der Waals surface area (Å²) in [6.07, 6.45) is 0. The summed E-state index contributed by atoms with van der Waals surface area (Å²) in [6.45, 7) is 1.94. The number of benzene rings is 1. The third-order valence-electron chi connectivity index (χ3n) is 3.95. The molecular weight excluding hydrogens is 296 g/mol. The molecule has 23 heavy (non-hydrogen) atoms. The lowest BCUT2D eigenvalue weighted by Crippen LogP contribution is -2.24. The smallest absolute Gasteiger partial charge is 0.262 e.